The van der Waals surface area contributed by atoms with Crippen LogP contribution >= 0.6 is 0 Å². The second-order valence-electron chi connectivity index (χ2n) is 9.79. The fourth-order valence-corrected chi connectivity index (χ4v) is 5.29. The monoisotopic (exact) mass is 431 g/mol. The van der Waals surface area contributed by atoms with Crippen LogP contribution in [-0.4, -0.2) is 78.8 Å². The number of hydrogen-bond donors (Lipinski definition) is 2. The normalized spacial score (nSPS) is 26.0. The molecule has 8 nitrogen and oxygen atoms in total. The van der Waals surface area contributed by atoms with Gasteiger partial charge in [0.05, 0.1) is 19.3 Å². The molecule has 4 rings (SSSR count). The van der Waals surface area contributed by atoms with Crippen molar-refractivity contribution >= 4 is 11.9 Å². The fraction of sp³-hybridized carbons (Fsp3) is 0.870. The molecular weight excluding hydrogens is 394 g/mol. The largest absolute Gasteiger partial charge is 0.378 e. The Morgan fingerprint density at radius 1 is 1.03 bits per heavy atom. The second kappa shape index (κ2) is 10.2. The van der Waals surface area contributed by atoms with Crippen molar-refractivity contribution in [2.75, 3.05) is 39.4 Å². The molecule has 2 aliphatic heterocycles. The molecule has 0 spiro atoms. The van der Waals surface area contributed by atoms with Crippen molar-refractivity contribution in [3.63, 3.8) is 0 Å². The predicted octanol–water partition coefficient (Wildman–Crippen LogP) is 2.00. The topological polar surface area (TPSA) is 97.7 Å². The van der Waals surface area contributed by atoms with Crippen LogP contribution in [0.25, 0.3) is 0 Å². The van der Waals surface area contributed by atoms with Crippen molar-refractivity contribution in [2.24, 2.45) is 5.92 Å². The number of nitrogens with zero attached hydrogens (tertiary/aromatic N) is 3. The Hall–Kier alpha value is -1.85. The summed E-state index contributed by atoms with van der Waals surface area (Å²) in [5.74, 6) is 0.248. The van der Waals surface area contributed by atoms with E-state index < -0.39 is 11.6 Å². The van der Waals surface area contributed by atoms with Gasteiger partial charge in [-0.1, -0.05) is 32.1 Å². The summed E-state index contributed by atoms with van der Waals surface area (Å²) in [4.78, 5) is 30.4. The average molecular weight is 432 g/mol. The third-order valence-electron chi connectivity index (χ3n) is 7.50. The zero-order valence-electron chi connectivity index (χ0n) is 18.6. The lowest BCUT2D eigenvalue weighted by atomic mass is 9.84. The molecule has 0 radical (unpaired) electrons. The van der Waals surface area contributed by atoms with E-state index in [9.17, 15) is 14.9 Å². The van der Waals surface area contributed by atoms with Gasteiger partial charge in [-0.3, -0.25) is 4.79 Å². The van der Waals surface area contributed by atoms with Crippen LogP contribution in [0.15, 0.2) is 0 Å². The van der Waals surface area contributed by atoms with Crippen LogP contribution in [0.4, 0.5) is 4.79 Å². The standard InChI is InChI=1S/C23H37N5O3/c24-17-23(8-10-27(11-9-23)19-6-7-19)26-21(29)20(16-18-4-2-1-3-5-18)25-22(30)28-12-14-31-15-13-28/h18-20H,1-16H2,(H,25,30)(H,26,29). The quantitative estimate of drug-likeness (QED) is 0.670. The van der Waals surface area contributed by atoms with Gasteiger partial charge < -0.3 is 25.2 Å². The van der Waals surface area contributed by atoms with Crippen LogP contribution in [0, 0.1) is 17.2 Å². The minimum absolute atomic E-state index is 0.200. The maximum absolute atomic E-state index is 13.4. The lowest BCUT2D eigenvalue weighted by molar-refractivity contribution is -0.125. The van der Waals surface area contributed by atoms with Gasteiger partial charge in [-0.2, -0.15) is 5.26 Å². The third-order valence-corrected chi connectivity index (χ3v) is 7.50. The molecule has 0 aromatic carbocycles. The van der Waals surface area contributed by atoms with Crippen LogP contribution in [0.3, 0.4) is 0 Å². The Morgan fingerprint density at radius 3 is 2.32 bits per heavy atom. The van der Waals surface area contributed by atoms with E-state index in [1.54, 1.807) is 4.90 Å². The van der Waals surface area contributed by atoms with E-state index >= 15 is 0 Å². The zero-order valence-corrected chi connectivity index (χ0v) is 18.6. The lowest BCUT2D eigenvalue weighted by Gasteiger charge is -2.39. The molecule has 31 heavy (non-hydrogen) atoms. The van der Waals surface area contributed by atoms with Crippen molar-refractivity contribution < 1.29 is 14.3 Å². The van der Waals surface area contributed by atoms with E-state index in [2.05, 4.69) is 21.6 Å². The molecular formula is C23H37N5O3. The summed E-state index contributed by atoms with van der Waals surface area (Å²) in [6.45, 7) is 3.85. The Bertz CT molecular complexity index is 669. The number of nitriles is 1. The first-order valence-electron chi connectivity index (χ1n) is 12.2. The number of morpholine rings is 1. The summed E-state index contributed by atoms with van der Waals surface area (Å²) >= 11 is 0. The molecule has 172 valence electrons. The zero-order chi connectivity index (χ0) is 21.7. The fourth-order valence-electron chi connectivity index (χ4n) is 5.29. The number of carbonyl (C=O) groups is 2. The lowest BCUT2D eigenvalue weighted by Crippen LogP contribution is -2.60. The number of rotatable bonds is 6. The van der Waals surface area contributed by atoms with Gasteiger partial charge in [-0.15, -0.1) is 0 Å². The number of piperidine rings is 1. The highest BCUT2D eigenvalue weighted by atomic mass is 16.5. The first-order valence-corrected chi connectivity index (χ1v) is 12.2. The molecule has 0 bridgehead atoms. The molecule has 2 saturated heterocycles. The summed E-state index contributed by atoms with van der Waals surface area (Å²) in [7, 11) is 0. The van der Waals surface area contributed by atoms with Gasteiger partial charge in [-0.25, -0.2) is 4.79 Å². The van der Waals surface area contributed by atoms with Gasteiger partial charge >= 0.3 is 6.03 Å². The summed E-state index contributed by atoms with van der Waals surface area (Å²) in [5.41, 5.74) is -0.822. The number of nitrogens with one attached hydrogen (secondary N) is 2. The number of urea groups is 1. The van der Waals surface area contributed by atoms with E-state index in [1.165, 1.54) is 32.1 Å². The maximum Gasteiger partial charge on any atom is 0.318 e. The second-order valence-corrected chi connectivity index (χ2v) is 9.79. The molecule has 8 heteroatoms. The van der Waals surface area contributed by atoms with Crippen molar-refractivity contribution in [3.8, 4) is 6.07 Å². The first kappa shape index (κ1) is 22.3. The Labute approximate surface area is 185 Å². The highest BCUT2D eigenvalue weighted by Gasteiger charge is 2.41. The molecule has 0 aromatic rings. The van der Waals surface area contributed by atoms with E-state index in [0.29, 0.717) is 57.5 Å². The molecule has 4 aliphatic rings. The van der Waals surface area contributed by atoms with Gasteiger partial charge in [0, 0.05) is 32.2 Å². The summed E-state index contributed by atoms with van der Waals surface area (Å²) < 4.78 is 5.34. The molecule has 2 saturated carbocycles. The van der Waals surface area contributed by atoms with Crippen LogP contribution in [-0.2, 0) is 9.53 Å². The number of hydrogen-bond acceptors (Lipinski definition) is 5. The molecule has 2 N–H and O–H groups in total. The minimum atomic E-state index is -0.822. The summed E-state index contributed by atoms with van der Waals surface area (Å²) in [6.07, 6.45) is 10.3. The molecule has 2 aliphatic carbocycles. The molecule has 3 amide bonds. The average Bonchev–Trinajstić information content (AvgIpc) is 3.66. The van der Waals surface area contributed by atoms with E-state index in [-0.39, 0.29) is 11.9 Å². The number of ether oxygens (including phenoxy) is 1. The van der Waals surface area contributed by atoms with Crippen LogP contribution in [0.1, 0.15) is 64.2 Å². The first-order chi connectivity index (χ1) is 15.1. The Morgan fingerprint density at radius 2 is 1.71 bits per heavy atom. The van der Waals surface area contributed by atoms with Crippen molar-refractivity contribution in [3.05, 3.63) is 0 Å². The van der Waals surface area contributed by atoms with Crippen LogP contribution in [0.5, 0.6) is 0 Å². The van der Waals surface area contributed by atoms with Crippen LogP contribution in [0.2, 0.25) is 0 Å². The predicted molar refractivity (Wildman–Crippen MR) is 116 cm³/mol. The van der Waals surface area contributed by atoms with E-state index in [4.69, 9.17) is 4.74 Å². The van der Waals surface area contributed by atoms with Gasteiger partial charge in [0.15, 0.2) is 0 Å². The Balaban J connectivity index is 1.39. The molecule has 0 aromatic heterocycles. The number of likely N-dealkylation sites (tertiary alicyclic amines) is 1. The van der Waals surface area contributed by atoms with Crippen LogP contribution < -0.4 is 10.6 Å². The van der Waals surface area contributed by atoms with Gasteiger partial charge in [-0.05, 0) is 38.0 Å². The van der Waals surface area contributed by atoms with Crippen molar-refractivity contribution in [2.45, 2.75) is 81.8 Å². The molecule has 4 fully saturated rings. The van der Waals surface area contributed by atoms with Gasteiger partial charge in [0.1, 0.15) is 11.6 Å². The SMILES string of the molecule is N#CC1(NC(=O)C(CC2CCCCC2)NC(=O)N2CCOCC2)CCN(C2CC2)CC1. The van der Waals surface area contributed by atoms with E-state index in [1.807, 2.05) is 0 Å². The van der Waals surface area contributed by atoms with Gasteiger partial charge in [0.25, 0.3) is 0 Å². The highest BCUT2D eigenvalue weighted by Crippen LogP contribution is 2.32. The molecule has 1 atom stereocenters. The van der Waals surface area contributed by atoms with Crippen molar-refractivity contribution in [1.82, 2.24) is 20.4 Å². The van der Waals surface area contributed by atoms with Gasteiger partial charge in [0.2, 0.25) is 5.91 Å². The van der Waals surface area contributed by atoms with E-state index in [0.717, 1.165) is 25.9 Å². The smallest absolute Gasteiger partial charge is 0.318 e. The maximum atomic E-state index is 13.4. The number of amides is 3. The highest BCUT2D eigenvalue weighted by molar-refractivity contribution is 5.87. The Kier molecular flexibility index (Phi) is 7.34. The minimum Gasteiger partial charge on any atom is -0.378 e. The number of carbonyl (C=O) groups excluding carboxylic acids is 2. The van der Waals surface area contributed by atoms with Crippen molar-refractivity contribution in [1.29, 1.82) is 5.26 Å². The third kappa shape index (κ3) is 5.89. The summed E-state index contributed by atoms with van der Waals surface area (Å²) in [6, 6.07) is 2.29. The summed E-state index contributed by atoms with van der Waals surface area (Å²) in [5, 5.41) is 16.0. The molecule has 2 heterocycles. The molecule has 1 unspecified atom stereocenters.